The molecule has 0 unspecified atom stereocenters. The SMILES string of the molecule is CCCCC[CH2][Sn]([Cl])([CH]1CCCCC1)[CH]1CCCCC1. The van der Waals surface area contributed by atoms with Gasteiger partial charge in [0.05, 0.1) is 0 Å². The van der Waals surface area contributed by atoms with E-state index in [1.165, 1.54) is 94.3 Å². The maximum absolute atomic E-state index is 7.59. The fourth-order valence-electron chi connectivity index (χ4n) is 4.73. The minimum atomic E-state index is -2.39. The predicted octanol–water partition coefficient (Wildman–Crippen LogP) is 7.42. The van der Waals surface area contributed by atoms with E-state index >= 15 is 0 Å². The molecule has 0 aromatic carbocycles. The van der Waals surface area contributed by atoms with Crippen LogP contribution >= 0.6 is 8.92 Å². The van der Waals surface area contributed by atoms with E-state index in [1.54, 1.807) is 0 Å². The Morgan fingerprint density at radius 3 is 1.70 bits per heavy atom. The zero-order chi connectivity index (χ0) is 14.3. The normalized spacial score (nSPS) is 23.1. The molecule has 2 aliphatic rings. The van der Waals surface area contributed by atoms with Gasteiger partial charge in [-0.05, 0) is 0 Å². The first-order valence-electron chi connectivity index (χ1n) is 9.46. The minimum absolute atomic E-state index is 1.03. The van der Waals surface area contributed by atoms with Gasteiger partial charge >= 0.3 is 135 Å². The summed E-state index contributed by atoms with van der Waals surface area (Å²) in [6.45, 7) is 2.32. The zero-order valence-corrected chi connectivity index (χ0v) is 17.2. The van der Waals surface area contributed by atoms with Gasteiger partial charge in [0, 0.05) is 0 Å². The van der Waals surface area contributed by atoms with Crippen LogP contribution in [0.25, 0.3) is 0 Å². The van der Waals surface area contributed by atoms with Gasteiger partial charge in [0.2, 0.25) is 0 Å². The van der Waals surface area contributed by atoms with Crippen LogP contribution in [0.4, 0.5) is 0 Å². The van der Waals surface area contributed by atoms with Crippen molar-refractivity contribution in [1.82, 2.24) is 0 Å². The summed E-state index contributed by atoms with van der Waals surface area (Å²) in [6, 6.07) is 0. The Bertz CT molecular complexity index is 236. The molecular formula is C18H35ClSn. The Morgan fingerprint density at radius 1 is 0.750 bits per heavy atom. The van der Waals surface area contributed by atoms with Crippen molar-refractivity contribution in [3.8, 4) is 0 Å². The van der Waals surface area contributed by atoms with Crippen molar-refractivity contribution in [3.63, 3.8) is 0 Å². The van der Waals surface area contributed by atoms with Crippen molar-refractivity contribution in [2.45, 2.75) is 109 Å². The standard InChI is InChI=1S/2C6H11.C6H13.ClH.Sn/c2*1-2-4-6-5-3-1;1-3-5-6-4-2;;/h2*1H,2-6H2;1,3-6H2,2H3;1H;/q;;;;+1/p-1. The van der Waals surface area contributed by atoms with Crippen LogP contribution in [-0.4, -0.2) is 17.3 Å². The van der Waals surface area contributed by atoms with E-state index in [-0.39, 0.29) is 0 Å². The zero-order valence-electron chi connectivity index (χ0n) is 13.6. The number of hydrogen-bond donors (Lipinski definition) is 0. The van der Waals surface area contributed by atoms with Crippen LogP contribution in [-0.2, 0) is 0 Å². The second-order valence-corrected chi connectivity index (χ2v) is 23.5. The molecule has 2 fully saturated rings. The van der Waals surface area contributed by atoms with Crippen molar-refractivity contribution < 1.29 is 0 Å². The van der Waals surface area contributed by atoms with Crippen molar-refractivity contribution in [1.29, 1.82) is 0 Å². The molecule has 0 heterocycles. The molecule has 0 aliphatic heterocycles. The summed E-state index contributed by atoms with van der Waals surface area (Å²) in [6.07, 6.45) is 20.6. The first kappa shape index (κ1) is 17.4. The maximum atomic E-state index is 7.59. The van der Waals surface area contributed by atoms with E-state index in [2.05, 4.69) is 6.92 Å². The Hall–Kier alpha value is 1.09. The molecule has 0 bridgehead atoms. The second kappa shape index (κ2) is 9.28. The summed E-state index contributed by atoms with van der Waals surface area (Å²) in [5, 5.41) is 0. The van der Waals surface area contributed by atoms with E-state index < -0.39 is 17.3 Å². The number of rotatable bonds is 7. The molecule has 0 amide bonds. The summed E-state index contributed by atoms with van der Waals surface area (Å²) < 4.78 is 3.57. The van der Waals surface area contributed by atoms with Gasteiger partial charge in [-0.2, -0.15) is 0 Å². The fraction of sp³-hybridized carbons (Fsp3) is 1.00. The Morgan fingerprint density at radius 2 is 1.25 bits per heavy atom. The van der Waals surface area contributed by atoms with Crippen LogP contribution in [0.2, 0.25) is 12.3 Å². The molecule has 2 saturated carbocycles. The number of hydrogen-bond acceptors (Lipinski definition) is 0. The molecule has 0 nitrogen and oxygen atoms in total. The summed E-state index contributed by atoms with van der Waals surface area (Å²) >= 11 is -2.39. The van der Waals surface area contributed by atoms with E-state index in [4.69, 9.17) is 8.92 Å². The molecule has 2 aliphatic carbocycles. The van der Waals surface area contributed by atoms with Crippen LogP contribution in [0.3, 0.4) is 0 Å². The van der Waals surface area contributed by atoms with Gasteiger partial charge in [-0.25, -0.2) is 0 Å². The van der Waals surface area contributed by atoms with Gasteiger partial charge in [-0.1, -0.05) is 0 Å². The fourth-order valence-corrected chi connectivity index (χ4v) is 22.9. The van der Waals surface area contributed by atoms with Crippen molar-refractivity contribution in [3.05, 3.63) is 0 Å². The molecule has 0 radical (unpaired) electrons. The van der Waals surface area contributed by atoms with E-state index in [0.29, 0.717) is 0 Å². The molecule has 2 rings (SSSR count). The molecule has 0 saturated heterocycles. The molecule has 0 aromatic rings. The quantitative estimate of drug-likeness (QED) is 0.305. The first-order chi connectivity index (χ1) is 9.77. The third-order valence-electron chi connectivity index (χ3n) is 5.98. The molecule has 118 valence electrons. The monoisotopic (exact) mass is 406 g/mol. The molecule has 20 heavy (non-hydrogen) atoms. The van der Waals surface area contributed by atoms with Crippen LogP contribution in [0.5, 0.6) is 0 Å². The molecule has 0 N–H and O–H groups in total. The third kappa shape index (κ3) is 4.80. The molecular weight excluding hydrogens is 370 g/mol. The number of halogens is 1. The molecule has 0 atom stereocenters. The Kier molecular flexibility index (Phi) is 8.09. The van der Waals surface area contributed by atoms with E-state index in [1.807, 2.05) is 0 Å². The summed E-state index contributed by atoms with van der Waals surface area (Å²) in [5.74, 6) is 0. The second-order valence-electron chi connectivity index (χ2n) is 7.41. The van der Waals surface area contributed by atoms with Gasteiger partial charge < -0.3 is 0 Å². The predicted molar refractivity (Wildman–Crippen MR) is 94.2 cm³/mol. The Balaban J connectivity index is 1.96. The van der Waals surface area contributed by atoms with Crippen LogP contribution in [0, 0.1) is 0 Å². The van der Waals surface area contributed by atoms with Crippen molar-refractivity contribution in [2.75, 3.05) is 0 Å². The third-order valence-corrected chi connectivity index (χ3v) is 25.6. The van der Waals surface area contributed by atoms with Crippen LogP contribution < -0.4 is 0 Å². The van der Waals surface area contributed by atoms with Gasteiger partial charge in [-0.15, -0.1) is 0 Å². The summed E-state index contributed by atoms with van der Waals surface area (Å²) in [4.78, 5) is 0. The van der Waals surface area contributed by atoms with Gasteiger partial charge in [0.25, 0.3) is 0 Å². The average Bonchev–Trinajstić information content (AvgIpc) is 2.53. The van der Waals surface area contributed by atoms with Crippen LogP contribution in [0.15, 0.2) is 0 Å². The summed E-state index contributed by atoms with van der Waals surface area (Å²) in [7, 11) is 7.59. The van der Waals surface area contributed by atoms with Gasteiger partial charge in [0.15, 0.2) is 0 Å². The van der Waals surface area contributed by atoms with Crippen LogP contribution in [0.1, 0.15) is 96.8 Å². The van der Waals surface area contributed by atoms with Crippen molar-refractivity contribution >= 4 is 26.2 Å². The molecule has 0 aromatic heterocycles. The molecule has 2 heteroatoms. The average molecular weight is 406 g/mol. The summed E-state index contributed by atoms with van der Waals surface area (Å²) in [5.41, 5.74) is 0. The molecule has 0 spiro atoms. The first-order valence-corrected chi connectivity index (χ1v) is 18.4. The van der Waals surface area contributed by atoms with E-state index in [9.17, 15) is 0 Å². The topological polar surface area (TPSA) is 0 Å². The number of unbranched alkanes of at least 4 members (excludes halogenated alkanes) is 3. The van der Waals surface area contributed by atoms with Gasteiger partial charge in [0.1, 0.15) is 0 Å². The Labute approximate surface area is 135 Å². The van der Waals surface area contributed by atoms with E-state index in [0.717, 1.165) is 7.87 Å². The van der Waals surface area contributed by atoms with Crippen molar-refractivity contribution in [2.24, 2.45) is 0 Å². The van der Waals surface area contributed by atoms with Gasteiger partial charge in [-0.3, -0.25) is 0 Å².